The molecule has 11 nitrogen and oxygen atoms in total. The molecular formula is C21H25F2N7O4. The Hall–Kier alpha value is -2.42. The summed E-state index contributed by atoms with van der Waals surface area (Å²) in [7, 11) is 0. The Morgan fingerprint density at radius 2 is 1.50 bits per heavy atom. The fraction of sp³-hybridized carbons (Fsp3) is 0.619. The number of pyridine rings is 1. The van der Waals surface area contributed by atoms with E-state index in [1.807, 2.05) is 0 Å². The van der Waals surface area contributed by atoms with Crippen LogP contribution >= 0.6 is 0 Å². The summed E-state index contributed by atoms with van der Waals surface area (Å²) < 4.78 is 38.7. The molecule has 4 unspecified atom stereocenters. The molecule has 0 radical (unpaired) electrons. The van der Waals surface area contributed by atoms with Crippen LogP contribution in [-0.4, -0.2) is 59.6 Å². The Morgan fingerprint density at radius 3 is 2.06 bits per heavy atom. The van der Waals surface area contributed by atoms with Crippen molar-refractivity contribution in [2.45, 2.75) is 30.3 Å². The fourth-order valence-electron chi connectivity index (χ4n) is 5.10. The van der Waals surface area contributed by atoms with Gasteiger partial charge < -0.3 is 24.9 Å². The summed E-state index contributed by atoms with van der Waals surface area (Å²) in [5, 5.41) is 0. The van der Waals surface area contributed by atoms with Gasteiger partial charge in [-0.1, -0.05) is 0 Å². The average Bonchev–Trinajstić information content (AvgIpc) is 2.84. The molecule has 4 saturated heterocycles. The second-order valence-electron chi connectivity index (χ2n) is 9.47. The first-order valence-corrected chi connectivity index (χ1v) is 11.2. The molecule has 2 aromatic heterocycles. The number of hydrogen-bond donors (Lipinski definition) is 3. The molecule has 4 aliphatic rings. The van der Waals surface area contributed by atoms with Crippen LogP contribution in [0.1, 0.15) is 36.5 Å². The van der Waals surface area contributed by atoms with Gasteiger partial charge in [0.15, 0.2) is 17.5 Å². The zero-order chi connectivity index (χ0) is 23.3. The topological polar surface area (TPSA) is 139 Å². The lowest BCUT2D eigenvalue weighted by molar-refractivity contribution is -0.174. The number of nitrogens with zero attached hydrogens (tertiary/aromatic N) is 4. The highest BCUT2D eigenvalue weighted by molar-refractivity contribution is 5.59. The van der Waals surface area contributed by atoms with Crippen LogP contribution in [0.3, 0.4) is 0 Å². The molecule has 0 aromatic carbocycles. The van der Waals surface area contributed by atoms with Gasteiger partial charge in [-0.2, -0.15) is 11.0 Å². The second-order valence-corrected chi connectivity index (χ2v) is 9.47. The van der Waals surface area contributed by atoms with E-state index in [-0.39, 0.29) is 29.0 Å². The predicted molar refractivity (Wildman–Crippen MR) is 112 cm³/mol. The molecule has 34 heavy (non-hydrogen) atoms. The summed E-state index contributed by atoms with van der Waals surface area (Å²) in [4.78, 5) is 29.5. The van der Waals surface area contributed by atoms with Crippen LogP contribution in [0.5, 0.6) is 0 Å². The minimum Gasteiger partial charge on any atom is -0.383 e. The molecule has 0 saturated carbocycles. The van der Waals surface area contributed by atoms with Crippen molar-refractivity contribution >= 4 is 5.82 Å². The van der Waals surface area contributed by atoms with E-state index in [9.17, 15) is 8.78 Å². The maximum atomic E-state index is 13.5. The first-order chi connectivity index (χ1) is 16.5. The van der Waals surface area contributed by atoms with E-state index in [0.717, 1.165) is 0 Å². The number of nitrogens with two attached hydrogens (primary N) is 1. The van der Waals surface area contributed by atoms with Crippen molar-refractivity contribution in [2.24, 2.45) is 11.8 Å². The fourth-order valence-corrected chi connectivity index (χ4v) is 5.10. The quantitative estimate of drug-likeness (QED) is 0.581. The van der Waals surface area contributed by atoms with Gasteiger partial charge in [-0.15, -0.1) is 0 Å². The lowest BCUT2D eigenvalue weighted by atomic mass is 9.83. The Labute approximate surface area is 193 Å². The maximum Gasteiger partial charge on any atom is 0.267 e. The number of nitrogen functional groups attached to an aromatic ring is 1. The molecule has 6 rings (SSSR count). The van der Waals surface area contributed by atoms with Crippen LogP contribution in [0.15, 0.2) is 12.3 Å². The Morgan fingerprint density at radius 1 is 0.912 bits per heavy atom. The number of rotatable bonds is 4. The number of fused-ring (bicyclic) bond motifs is 4. The van der Waals surface area contributed by atoms with Crippen molar-refractivity contribution in [1.82, 2.24) is 30.9 Å². The number of nitrogens with one attached hydrogen (secondary N) is 2. The van der Waals surface area contributed by atoms with Gasteiger partial charge in [-0.3, -0.25) is 0 Å². The van der Waals surface area contributed by atoms with Crippen LogP contribution in [0, 0.1) is 11.8 Å². The summed E-state index contributed by atoms with van der Waals surface area (Å²) in [5.74, 6) is 1.12. The summed E-state index contributed by atoms with van der Waals surface area (Å²) >= 11 is 0. The van der Waals surface area contributed by atoms with Crippen LogP contribution in [-0.2, 0) is 30.2 Å². The normalized spacial score (nSPS) is 33.1. The summed E-state index contributed by atoms with van der Waals surface area (Å²) in [6, 6.07) is 1.27. The van der Waals surface area contributed by atoms with Gasteiger partial charge in [0.2, 0.25) is 0 Å². The van der Waals surface area contributed by atoms with Gasteiger partial charge in [-0.25, -0.2) is 28.7 Å². The van der Waals surface area contributed by atoms with E-state index in [4.69, 9.17) is 29.9 Å². The summed E-state index contributed by atoms with van der Waals surface area (Å²) in [5.41, 5.74) is 10.1. The SMILES string of the molecule is Nc1ncc(-c2nc(C34COCC(CON3)C4)nc(C34COCC(CON3)C4)n2)cc1C(F)F. The number of hydroxylamine groups is 2. The first-order valence-electron chi connectivity index (χ1n) is 11.2. The van der Waals surface area contributed by atoms with Crippen molar-refractivity contribution in [3.63, 3.8) is 0 Å². The van der Waals surface area contributed by atoms with Crippen LogP contribution < -0.4 is 16.7 Å². The Bertz CT molecular complexity index is 1020. The highest BCUT2D eigenvalue weighted by atomic mass is 19.3. The standard InChI is InChI=1S/C21H25F2N7O4/c22-15(23)14-1-13(4-25-16(14)24)17-26-18(20-2-11(5-31-9-20)7-33-29-20)28-19(27-17)21-3-12(6-32-10-21)8-34-30-21/h1,4,11-12,15,29-30H,2-3,5-10H2,(H2,24,25). The largest absolute Gasteiger partial charge is 0.383 e. The molecule has 4 atom stereocenters. The Kier molecular flexibility index (Phi) is 5.43. The van der Waals surface area contributed by atoms with Crippen molar-refractivity contribution in [1.29, 1.82) is 0 Å². The molecule has 13 heteroatoms. The molecule has 0 aliphatic carbocycles. The lowest BCUT2D eigenvalue weighted by Crippen LogP contribution is -2.59. The first kappa shape index (κ1) is 22.1. The predicted octanol–water partition coefficient (Wildman–Crippen LogP) is 0.987. The number of halogens is 2. The van der Waals surface area contributed by atoms with E-state index >= 15 is 0 Å². The summed E-state index contributed by atoms with van der Waals surface area (Å²) in [6.07, 6.45) is 0.00455. The van der Waals surface area contributed by atoms with E-state index in [1.54, 1.807) is 0 Å². The molecule has 4 fully saturated rings. The molecule has 4 N–H and O–H groups in total. The van der Waals surface area contributed by atoms with Crippen molar-refractivity contribution in [3.8, 4) is 11.4 Å². The number of aromatic nitrogens is 4. The highest BCUT2D eigenvalue weighted by Crippen LogP contribution is 2.39. The molecule has 2 aromatic rings. The van der Waals surface area contributed by atoms with Gasteiger partial charge in [-0.05, 0) is 18.9 Å². The van der Waals surface area contributed by atoms with E-state index in [1.165, 1.54) is 12.3 Å². The third kappa shape index (κ3) is 3.72. The number of ether oxygens (including phenoxy) is 2. The number of alkyl halides is 2. The average molecular weight is 477 g/mol. The van der Waals surface area contributed by atoms with Gasteiger partial charge in [0, 0.05) is 23.6 Å². The molecule has 0 amide bonds. The third-order valence-electron chi connectivity index (χ3n) is 6.79. The van der Waals surface area contributed by atoms with E-state index in [0.29, 0.717) is 69.7 Å². The van der Waals surface area contributed by atoms with Gasteiger partial charge >= 0.3 is 0 Å². The zero-order valence-corrected chi connectivity index (χ0v) is 18.3. The molecular weight excluding hydrogens is 452 g/mol. The number of hydrogen-bond acceptors (Lipinski definition) is 11. The summed E-state index contributed by atoms with van der Waals surface area (Å²) in [6.45, 7) is 2.79. The minimum absolute atomic E-state index is 0.180. The van der Waals surface area contributed by atoms with E-state index in [2.05, 4.69) is 25.9 Å². The van der Waals surface area contributed by atoms with Crippen LogP contribution in [0.4, 0.5) is 14.6 Å². The molecule has 4 aliphatic heterocycles. The van der Waals surface area contributed by atoms with Crippen LogP contribution in [0.2, 0.25) is 0 Å². The zero-order valence-electron chi connectivity index (χ0n) is 18.3. The molecule has 0 spiro atoms. The van der Waals surface area contributed by atoms with Crippen LogP contribution in [0.25, 0.3) is 11.4 Å². The monoisotopic (exact) mass is 477 g/mol. The maximum absolute atomic E-state index is 13.5. The van der Waals surface area contributed by atoms with Gasteiger partial charge in [0.25, 0.3) is 6.43 Å². The van der Waals surface area contributed by atoms with Crippen molar-refractivity contribution < 1.29 is 27.9 Å². The van der Waals surface area contributed by atoms with E-state index < -0.39 is 17.5 Å². The molecule has 4 bridgehead atoms. The Balaban J connectivity index is 1.50. The molecule has 6 heterocycles. The smallest absolute Gasteiger partial charge is 0.267 e. The third-order valence-corrected chi connectivity index (χ3v) is 6.79. The van der Waals surface area contributed by atoms with Crippen molar-refractivity contribution in [2.75, 3.05) is 45.4 Å². The highest BCUT2D eigenvalue weighted by Gasteiger charge is 2.49. The second kappa shape index (κ2) is 8.36. The van der Waals surface area contributed by atoms with Gasteiger partial charge in [0.05, 0.1) is 45.2 Å². The molecule has 182 valence electrons. The van der Waals surface area contributed by atoms with Crippen molar-refractivity contribution in [3.05, 3.63) is 29.5 Å². The lowest BCUT2D eigenvalue weighted by Gasteiger charge is -2.45. The van der Waals surface area contributed by atoms with Gasteiger partial charge in [0.1, 0.15) is 16.9 Å². The number of anilines is 1. The minimum atomic E-state index is -2.78.